The molecule has 0 bridgehead atoms. The van der Waals surface area contributed by atoms with Crippen molar-refractivity contribution in [1.29, 1.82) is 0 Å². The summed E-state index contributed by atoms with van der Waals surface area (Å²) in [5.41, 5.74) is 0. The number of rotatable bonds is 4. The molecule has 1 aliphatic heterocycles. The summed E-state index contributed by atoms with van der Waals surface area (Å²) in [7, 11) is 3.09. The average molecular weight is 254 g/mol. The minimum Gasteiger partial charge on any atom is -0.478 e. The van der Waals surface area contributed by atoms with Crippen molar-refractivity contribution in [3.8, 4) is 5.75 Å². The smallest absolute Gasteiger partial charge is 0.350 e. The zero-order valence-electron chi connectivity index (χ0n) is 8.33. The van der Waals surface area contributed by atoms with Gasteiger partial charge in [0.1, 0.15) is 5.75 Å². The summed E-state index contributed by atoms with van der Waals surface area (Å²) in [6.45, 7) is 0. The van der Waals surface area contributed by atoms with E-state index in [4.69, 9.17) is 9.84 Å². The lowest BCUT2D eigenvalue weighted by Gasteiger charge is -2.15. The number of carbonyl (C=O) groups is 1. The van der Waals surface area contributed by atoms with Crippen LogP contribution in [-0.2, 0) is 4.79 Å². The molecule has 1 N–H and O–H groups in total. The van der Waals surface area contributed by atoms with E-state index >= 15 is 0 Å². The predicted molar refractivity (Wildman–Crippen MR) is 66.6 cm³/mol. The number of aliphatic carboxylic acids is 1. The largest absolute Gasteiger partial charge is 0.478 e. The summed E-state index contributed by atoms with van der Waals surface area (Å²) in [6.07, 6.45) is 1.01. The van der Waals surface area contributed by atoms with Gasteiger partial charge in [-0.3, -0.25) is 0 Å². The van der Waals surface area contributed by atoms with Crippen LogP contribution in [0.2, 0.25) is 0 Å². The first-order chi connectivity index (χ1) is 7.77. The van der Waals surface area contributed by atoms with Gasteiger partial charge < -0.3 is 9.84 Å². The first-order valence-corrected chi connectivity index (χ1v) is 7.03. The SMILES string of the molecule is O=C(O)C(Oc1ccccc1)C1=CCSS1. The van der Waals surface area contributed by atoms with Gasteiger partial charge in [-0.2, -0.15) is 0 Å². The van der Waals surface area contributed by atoms with Gasteiger partial charge in [-0.05, 0) is 12.1 Å². The number of ether oxygens (including phenoxy) is 1. The van der Waals surface area contributed by atoms with Crippen LogP contribution < -0.4 is 4.74 Å². The number of carboxylic acid groups (broad SMARTS) is 1. The molecule has 0 aromatic heterocycles. The van der Waals surface area contributed by atoms with E-state index in [2.05, 4.69) is 0 Å². The van der Waals surface area contributed by atoms with Crippen LogP contribution in [0.4, 0.5) is 0 Å². The summed E-state index contributed by atoms with van der Waals surface area (Å²) in [5.74, 6) is 0.459. The van der Waals surface area contributed by atoms with Crippen molar-refractivity contribution in [1.82, 2.24) is 0 Å². The zero-order valence-corrected chi connectivity index (χ0v) is 9.96. The molecule has 3 nitrogen and oxygen atoms in total. The molecule has 0 radical (unpaired) electrons. The minimum absolute atomic E-state index is 0.577. The van der Waals surface area contributed by atoms with Crippen LogP contribution in [0.1, 0.15) is 0 Å². The Bertz CT molecular complexity index is 403. The van der Waals surface area contributed by atoms with Crippen LogP contribution in [-0.4, -0.2) is 22.9 Å². The molecule has 2 rings (SSSR count). The molecule has 0 saturated carbocycles. The Morgan fingerprint density at radius 2 is 2.12 bits per heavy atom. The Labute approximate surface area is 101 Å². The van der Waals surface area contributed by atoms with Crippen molar-refractivity contribution >= 4 is 27.6 Å². The molecule has 0 spiro atoms. The summed E-state index contributed by atoms with van der Waals surface area (Å²) in [6, 6.07) is 9.01. The van der Waals surface area contributed by atoms with Gasteiger partial charge in [0.05, 0.1) is 0 Å². The Balaban J connectivity index is 2.12. The van der Waals surface area contributed by atoms with Crippen LogP contribution in [0.25, 0.3) is 0 Å². The van der Waals surface area contributed by atoms with Gasteiger partial charge in [0, 0.05) is 10.7 Å². The monoisotopic (exact) mass is 254 g/mol. The summed E-state index contributed by atoms with van der Waals surface area (Å²) >= 11 is 0. The van der Waals surface area contributed by atoms with Gasteiger partial charge in [-0.1, -0.05) is 45.9 Å². The van der Waals surface area contributed by atoms with Gasteiger partial charge in [0.15, 0.2) is 0 Å². The van der Waals surface area contributed by atoms with Crippen LogP contribution >= 0.6 is 21.6 Å². The minimum atomic E-state index is -0.954. The molecule has 0 saturated heterocycles. The normalized spacial score (nSPS) is 16.6. The lowest BCUT2D eigenvalue weighted by Crippen LogP contribution is -2.27. The van der Waals surface area contributed by atoms with Crippen molar-refractivity contribution in [2.75, 3.05) is 5.75 Å². The Hall–Kier alpha value is -1.07. The number of hydrogen-bond acceptors (Lipinski definition) is 4. The quantitative estimate of drug-likeness (QED) is 0.837. The van der Waals surface area contributed by atoms with E-state index < -0.39 is 12.1 Å². The zero-order chi connectivity index (χ0) is 11.4. The summed E-state index contributed by atoms with van der Waals surface area (Å²) in [5, 5.41) is 9.11. The maximum atomic E-state index is 11.1. The first kappa shape index (κ1) is 11.4. The lowest BCUT2D eigenvalue weighted by atomic mass is 10.3. The van der Waals surface area contributed by atoms with Crippen molar-refractivity contribution in [3.05, 3.63) is 41.3 Å². The fourth-order valence-corrected chi connectivity index (χ4v) is 3.50. The topological polar surface area (TPSA) is 46.5 Å². The Kier molecular flexibility index (Phi) is 3.79. The number of benzene rings is 1. The lowest BCUT2D eigenvalue weighted by molar-refractivity contribution is -0.142. The van der Waals surface area contributed by atoms with E-state index in [1.54, 1.807) is 22.9 Å². The third-order valence-corrected chi connectivity index (χ3v) is 4.32. The fraction of sp³-hybridized carbons (Fsp3) is 0.182. The third-order valence-electron chi connectivity index (χ3n) is 1.99. The highest BCUT2D eigenvalue weighted by Crippen LogP contribution is 2.39. The Morgan fingerprint density at radius 3 is 2.69 bits per heavy atom. The van der Waals surface area contributed by atoms with Crippen molar-refractivity contribution < 1.29 is 14.6 Å². The molecule has 0 aliphatic carbocycles. The van der Waals surface area contributed by atoms with Crippen molar-refractivity contribution in [2.24, 2.45) is 0 Å². The number of carboxylic acids is 1. The maximum absolute atomic E-state index is 11.1. The van der Waals surface area contributed by atoms with Gasteiger partial charge in [0.2, 0.25) is 6.10 Å². The highest BCUT2D eigenvalue weighted by molar-refractivity contribution is 8.78. The molecule has 1 unspecified atom stereocenters. The van der Waals surface area contributed by atoms with E-state index in [9.17, 15) is 4.79 Å². The second kappa shape index (κ2) is 5.32. The second-order valence-corrected chi connectivity index (χ2v) is 5.54. The highest BCUT2D eigenvalue weighted by atomic mass is 33.1. The van der Waals surface area contributed by atoms with Crippen LogP contribution in [0.3, 0.4) is 0 Å². The fourth-order valence-electron chi connectivity index (χ4n) is 1.27. The molecule has 1 aromatic carbocycles. The molecule has 84 valence electrons. The first-order valence-electron chi connectivity index (χ1n) is 4.71. The van der Waals surface area contributed by atoms with Crippen LogP contribution in [0.15, 0.2) is 41.3 Å². The van der Waals surface area contributed by atoms with Gasteiger partial charge >= 0.3 is 5.97 Å². The molecular weight excluding hydrogens is 244 g/mol. The molecule has 16 heavy (non-hydrogen) atoms. The predicted octanol–water partition coefficient (Wildman–Crippen LogP) is 2.80. The van der Waals surface area contributed by atoms with E-state index in [0.717, 1.165) is 10.7 Å². The van der Waals surface area contributed by atoms with Gasteiger partial charge in [-0.25, -0.2) is 4.79 Å². The van der Waals surface area contributed by atoms with E-state index in [1.165, 1.54) is 10.8 Å². The number of para-hydroxylation sites is 1. The molecule has 1 aromatic rings. The van der Waals surface area contributed by atoms with Gasteiger partial charge in [-0.15, -0.1) is 0 Å². The van der Waals surface area contributed by atoms with Crippen LogP contribution in [0.5, 0.6) is 5.75 Å². The van der Waals surface area contributed by atoms with E-state index in [0.29, 0.717) is 5.75 Å². The van der Waals surface area contributed by atoms with Crippen molar-refractivity contribution in [2.45, 2.75) is 6.10 Å². The summed E-state index contributed by atoms with van der Waals surface area (Å²) in [4.78, 5) is 11.9. The third kappa shape index (κ3) is 2.74. The standard InChI is InChI=1S/C11H10O3S2/c12-11(13)10(9-6-7-15-16-9)14-8-4-2-1-3-5-8/h1-6,10H,7H2,(H,12,13). The average Bonchev–Trinajstić information content (AvgIpc) is 2.80. The summed E-state index contributed by atoms with van der Waals surface area (Å²) < 4.78 is 5.46. The molecule has 0 fully saturated rings. The molecule has 1 aliphatic rings. The van der Waals surface area contributed by atoms with Crippen molar-refractivity contribution in [3.63, 3.8) is 0 Å². The molecule has 5 heteroatoms. The highest BCUT2D eigenvalue weighted by Gasteiger charge is 2.27. The molecule has 1 atom stereocenters. The van der Waals surface area contributed by atoms with Crippen LogP contribution in [0, 0.1) is 0 Å². The molecular formula is C11H10O3S2. The number of hydrogen-bond donors (Lipinski definition) is 1. The maximum Gasteiger partial charge on any atom is 0.350 e. The van der Waals surface area contributed by atoms with Gasteiger partial charge in [0.25, 0.3) is 0 Å². The molecule has 0 amide bonds. The van der Waals surface area contributed by atoms with E-state index in [1.807, 2.05) is 24.3 Å². The Morgan fingerprint density at radius 1 is 1.38 bits per heavy atom. The second-order valence-electron chi connectivity index (χ2n) is 3.12. The molecule has 1 heterocycles. The van der Waals surface area contributed by atoms with E-state index in [-0.39, 0.29) is 0 Å².